The molecule has 5 heteroatoms. The average Bonchev–Trinajstić information content (AvgIpc) is 2.76. The lowest BCUT2D eigenvalue weighted by Crippen LogP contribution is -2.39. The molecule has 1 saturated carbocycles. The van der Waals surface area contributed by atoms with Gasteiger partial charge in [-0.2, -0.15) is 5.21 Å². The summed E-state index contributed by atoms with van der Waals surface area (Å²) in [5, 5.41) is 17.6. The summed E-state index contributed by atoms with van der Waals surface area (Å²) in [5.41, 5.74) is 0.387. The van der Waals surface area contributed by atoms with E-state index in [4.69, 9.17) is 0 Å². The number of tetrazole rings is 1. The van der Waals surface area contributed by atoms with Gasteiger partial charge in [-0.15, -0.1) is 10.2 Å². The Hall–Kier alpha value is -0.970. The van der Waals surface area contributed by atoms with Crippen molar-refractivity contribution in [2.24, 2.45) is 5.41 Å². The Kier molecular flexibility index (Phi) is 2.73. The minimum Gasteiger partial charge on any atom is -0.304 e. The van der Waals surface area contributed by atoms with Gasteiger partial charge in [0.25, 0.3) is 0 Å². The second-order valence-electron chi connectivity index (χ2n) is 5.09. The van der Waals surface area contributed by atoms with Crippen LogP contribution in [0.25, 0.3) is 0 Å². The molecule has 0 amide bonds. The molecule has 1 fully saturated rings. The van der Waals surface area contributed by atoms with Gasteiger partial charge >= 0.3 is 0 Å². The van der Waals surface area contributed by atoms with Crippen LogP contribution >= 0.6 is 0 Å². The van der Waals surface area contributed by atoms with Crippen molar-refractivity contribution in [3.63, 3.8) is 0 Å². The number of nitrogens with zero attached hydrogens (tertiary/aromatic N) is 3. The number of aromatic amines is 1. The van der Waals surface area contributed by atoms with Crippen LogP contribution in [-0.4, -0.2) is 26.7 Å². The zero-order valence-corrected chi connectivity index (χ0v) is 9.62. The van der Waals surface area contributed by atoms with Crippen LogP contribution in [0.2, 0.25) is 0 Å². The molecule has 0 aromatic carbocycles. The number of hydrogen-bond donors (Lipinski definition) is 2. The Morgan fingerprint density at radius 1 is 1.53 bits per heavy atom. The highest BCUT2D eigenvalue weighted by Gasteiger charge is 2.35. The summed E-state index contributed by atoms with van der Waals surface area (Å²) < 4.78 is 0. The number of aromatic nitrogens is 4. The van der Waals surface area contributed by atoms with Crippen LogP contribution in [-0.2, 0) is 0 Å². The normalized spacial score (nSPS) is 26.7. The van der Waals surface area contributed by atoms with Gasteiger partial charge in [-0.1, -0.05) is 25.5 Å². The van der Waals surface area contributed by atoms with Crippen LogP contribution < -0.4 is 5.32 Å². The Bertz CT molecular complexity index is 306. The molecule has 2 unspecified atom stereocenters. The van der Waals surface area contributed by atoms with Gasteiger partial charge in [-0.05, 0) is 25.2 Å². The van der Waals surface area contributed by atoms with Gasteiger partial charge in [-0.3, -0.25) is 0 Å². The number of rotatable bonds is 3. The predicted molar refractivity (Wildman–Crippen MR) is 57.1 cm³/mol. The lowest BCUT2D eigenvalue weighted by Gasteiger charge is -2.29. The van der Waals surface area contributed by atoms with Crippen molar-refractivity contribution in [2.45, 2.75) is 52.1 Å². The lowest BCUT2D eigenvalue weighted by molar-refractivity contribution is 0.263. The molecular weight excluding hydrogens is 190 g/mol. The van der Waals surface area contributed by atoms with Gasteiger partial charge in [0.15, 0.2) is 5.82 Å². The third kappa shape index (κ3) is 2.17. The summed E-state index contributed by atoms with van der Waals surface area (Å²) in [6.07, 6.45) is 3.85. The third-order valence-electron chi connectivity index (χ3n) is 3.46. The summed E-state index contributed by atoms with van der Waals surface area (Å²) >= 11 is 0. The Morgan fingerprint density at radius 3 is 2.87 bits per heavy atom. The van der Waals surface area contributed by atoms with Crippen molar-refractivity contribution in [3.05, 3.63) is 5.82 Å². The minimum atomic E-state index is 0.172. The van der Waals surface area contributed by atoms with Crippen LogP contribution in [0.3, 0.4) is 0 Å². The molecule has 0 bridgehead atoms. The maximum absolute atomic E-state index is 4.00. The van der Waals surface area contributed by atoms with Crippen molar-refractivity contribution < 1.29 is 0 Å². The largest absolute Gasteiger partial charge is 0.304 e. The van der Waals surface area contributed by atoms with Crippen molar-refractivity contribution in [1.82, 2.24) is 25.9 Å². The van der Waals surface area contributed by atoms with E-state index >= 15 is 0 Å². The fourth-order valence-corrected chi connectivity index (χ4v) is 2.36. The van der Waals surface area contributed by atoms with Crippen molar-refractivity contribution in [2.75, 3.05) is 0 Å². The van der Waals surface area contributed by atoms with Gasteiger partial charge < -0.3 is 5.32 Å². The smallest absolute Gasteiger partial charge is 0.191 e. The van der Waals surface area contributed by atoms with E-state index in [1.807, 2.05) is 0 Å². The first kappa shape index (κ1) is 10.5. The van der Waals surface area contributed by atoms with Crippen LogP contribution in [0.15, 0.2) is 0 Å². The van der Waals surface area contributed by atoms with E-state index in [9.17, 15) is 0 Å². The van der Waals surface area contributed by atoms with Crippen molar-refractivity contribution in [3.8, 4) is 0 Å². The molecule has 0 spiro atoms. The highest BCUT2D eigenvalue weighted by atomic mass is 15.5. The van der Waals surface area contributed by atoms with E-state index in [1.54, 1.807) is 0 Å². The predicted octanol–water partition coefficient (Wildman–Crippen LogP) is 1.43. The van der Waals surface area contributed by atoms with Crippen LogP contribution in [0.5, 0.6) is 0 Å². The lowest BCUT2D eigenvalue weighted by atomic mass is 9.87. The van der Waals surface area contributed by atoms with Crippen LogP contribution in [0.1, 0.15) is 51.9 Å². The monoisotopic (exact) mass is 209 g/mol. The van der Waals surface area contributed by atoms with E-state index in [0.29, 0.717) is 11.5 Å². The molecule has 0 radical (unpaired) electrons. The molecule has 2 atom stereocenters. The summed E-state index contributed by atoms with van der Waals surface area (Å²) in [5.74, 6) is 0.748. The molecule has 1 heterocycles. The van der Waals surface area contributed by atoms with Crippen molar-refractivity contribution >= 4 is 0 Å². The standard InChI is InChI=1S/C10H19N5/c1-7(9-12-14-15-13-9)11-8-5-4-6-10(8,2)3/h7-8,11H,4-6H2,1-3H3,(H,12,13,14,15). The fraction of sp³-hybridized carbons (Fsp3) is 0.900. The van der Waals surface area contributed by atoms with Gasteiger partial charge in [0.1, 0.15) is 0 Å². The van der Waals surface area contributed by atoms with Crippen LogP contribution in [0, 0.1) is 5.41 Å². The van der Waals surface area contributed by atoms with Crippen LogP contribution in [0.4, 0.5) is 0 Å². The molecule has 2 rings (SSSR count). The number of nitrogens with one attached hydrogen (secondary N) is 2. The Labute approximate surface area is 90.0 Å². The molecule has 84 valence electrons. The summed E-state index contributed by atoms with van der Waals surface area (Å²) in [6.45, 7) is 6.72. The third-order valence-corrected chi connectivity index (χ3v) is 3.46. The second kappa shape index (κ2) is 3.89. The van der Waals surface area contributed by atoms with E-state index in [-0.39, 0.29) is 6.04 Å². The topological polar surface area (TPSA) is 66.5 Å². The highest BCUT2D eigenvalue weighted by Crippen LogP contribution is 2.38. The molecular formula is C10H19N5. The van der Waals surface area contributed by atoms with Gasteiger partial charge in [0.05, 0.1) is 6.04 Å². The van der Waals surface area contributed by atoms with E-state index < -0.39 is 0 Å². The molecule has 1 aliphatic carbocycles. The highest BCUT2D eigenvalue weighted by molar-refractivity contribution is 4.95. The summed E-state index contributed by atoms with van der Waals surface area (Å²) in [4.78, 5) is 0. The number of H-pyrrole nitrogens is 1. The summed E-state index contributed by atoms with van der Waals surface area (Å²) in [6, 6.07) is 0.733. The molecule has 0 saturated heterocycles. The minimum absolute atomic E-state index is 0.172. The quantitative estimate of drug-likeness (QED) is 0.790. The molecule has 2 N–H and O–H groups in total. The number of hydrogen-bond acceptors (Lipinski definition) is 4. The molecule has 1 aromatic rings. The molecule has 0 aliphatic heterocycles. The zero-order chi connectivity index (χ0) is 10.9. The van der Waals surface area contributed by atoms with E-state index in [0.717, 1.165) is 5.82 Å². The van der Waals surface area contributed by atoms with Gasteiger partial charge in [0.2, 0.25) is 0 Å². The zero-order valence-electron chi connectivity index (χ0n) is 9.62. The van der Waals surface area contributed by atoms with E-state index in [2.05, 4.69) is 46.7 Å². The average molecular weight is 209 g/mol. The maximum atomic E-state index is 4.00. The van der Waals surface area contributed by atoms with Gasteiger partial charge in [-0.25, -0.2) is 0 Å². The molecule has 5 nitrogen and oxygen atoms in total. The van der Waals surface area contributed by atoms with E-state index in [1.165, 1.54) is 19.3 Å². The summed E-state index contributed by atoms with van der Waals surface area (Å²) in [7, 11) is 0. The van der Waals surface area contributed by atoms with Gasteiger partial charge in [0, 0.05) is 6.04 Å². The SMILES string of the molecule is CC(NC1CCCC1(C)C)c1nn[nH]n1. The molecule has 1 aliphatic rings. The maximum Gasteiger partial charge on any atom is 0.191 e. The Morgan fingerprint density at radius 2 is 2.33 bits per heavy atom. The fourth-order valence-electron chi connectivity index (χ4n) is 2.36. The molecule has 15 heavy (non-hydrogen) atoms. The first-order valence-corrected chi connectivity index (χ1v) is 5.59. The first-order valence-electron chi connectivity index (χ1n) is 5.59. The first-order chi connectivity index (χ1) is 7.09. The molecule has 1 aromatic heterocycles. The second-order valence-corrected chi connectivity index (χ2v) is 5.09. The van der Waals surface area contributed by atoms with Crippen molar-refractivity contribution in [1.29, 1.82) is 0 Å². The Balaban J connectivity index is 1.97.